The monoisotopic (exact) mass is 335 g/mol. The molecule has 1 aliphatic heterocycles. The molecule has 0 atom stereocenters. The van der Waals surface area contributed by atoms with Gasteiger partial charge in [0.1, 0.15) is 12.4 Å². The molecule has 0 aromatic heterocycles. The van der Waals surface area contributed by atoms with Crippen molar-refractivity contribution in [2.24, 2.45) is 5.10 Å². The SMILES string of the molecule is CCCCCCCC/C=C\CCCCCCCC1=NNCC(=O)N1. The van der Waals surface area contributed by atoms with Crippen molar-refractivity contribution in [1.29, 1.82) is 0 Å². The summed E-state index contributed by atoms with van der Waals surface area (Å²) in [6.45, 7) is 2.57. The normalized spacial score (nSPS) is 14.5. The summed E-state index contributed by atoms with van der Waals surface area (Å²) < 4.78 is 0. The number of nitrogens with one attached hydrogen (secondary N) is 2. The number of nitrogens with zero attached hydrogens (tertiary/aromatic N) is 1. The average molecular weight is 336 g/mol. The predicted molar refractivity (Wildman–Crippen MR) is 103 cm³/mol. The molecular weight excluding hydrogens is 298 g/mol. The van der Waals surface area contributed by atoms with Gasteiger partial charge in [0.25, 0.3) is 0 Å². The first-order valence-corrected chi connectivity index (χ1v) is 10.1. The largest absolute Gasteiger partial charge is 0.311 e. The van der Waals surface area contributed by atoms with E-state index in [1.54, 1.807) is 0 Å². The lowest BCUT2D eigenvalue weighted by Gasteiger charge is -2.13. The third-order valence-electron chi connectivity index (χ3n) is 4.41. The van der Waals surface area contributed by atoms with Crippen molar-refractivity contribution in [3.8, 4) is 0 Å². The Morgan fingerprint density at radius 3 is 2.08 bits per heavy atom. The highest BCUT2D eigenvalue weighted by molar-refractivity contribution is 6.00. The van der Waals surface area contributed by atoms with Gasteiger partial charge in [-0.1, -0.05) is 70.4 Å². The van der Waals surface area contributed by atoms with Crippen molar-refractivity contribution < 1.29 is 4.79 Å². The molecule has 0 aromatic carbocycles. The van der Waals surface area contributed by atoms with Crippen LogP contribution in [0.4, 0.5) is 0 Å². The van der Waals surface area contributed by atoms with Gasteiger partial charge < -0.3 is 5.32 Å². The van der Waals surface area contributed by atoms with Gasteiger partial charge in [0.2, 0.25) is 5.91 Å². The van der Waals surface area contributed by atoms with E-state index in [-0.39, 0.29) is 5.91 Å². The molecule has 24 heavy (non-hydrogen) atoms. The van der Waals surface area contributed by atoms with E-state index in [2.05, 4.69) is 34.9 Å². The average Bonchev–Trinajstić information content (AvgIpc) is 2.58. The highest BCUT2D eigenvalue weighted by Gasteiger charge is 2.09. The number of allylic oxidation sites excluding steroid dienone is 2. The third kappa shape index (κ3) is 12.1. The summed E-state index contributed by atoms with van der Waals surface area (Å²) in [5.41, 5.74) is 2.76. The second-order valence-electron chi connectivity index (χ2n) is 6.78. The maximum atomic E-state index is 11.2. The van der Waals surface area contributed by atoms with Crippen LogP contribution >= 0.6 is 0 Å². The highest BCUT2D eigenvalue weighted by Crippen LogP contribution is 2.10. The second-order valence-corrected chi connectivity index (χ2v) is 6.78. The molecule has 0 fully saturated rings. The molecule has 0 bridgehead atoms. The summed E-state index contributed by atoms with van der Waals surface area (Å²) in [6.07, 6.45) is 22.6. The Bertz CT molecular complexity index is 377. The van der Waals surface area contributed by atoms with Gasteiger partial charge in [-0.05, 0) is 32.1 Å². The number of hydrogen-bond donors (Lipinski definition) is 2. The first-order chi connectivity index (χ1) is 11.8. The van der Waals surface area contributed by atoms with Gasteiger partial charge in [-0.15, -0.1) is 0 Å². The summed E-state index contributed by atoms with van der Waals surface area (Å²) in [7, 11) is 0. The minimum atomic E-state index is 0.0211. The van der Waals surface area contributed by atoms with Crippen molar-refractivity contribution in [1.82, 2.24) is 10.7 Å². The zero-order chi connectivity index (χ0) is 17.3. The molecule has 2 N–H and O–H groups in total. The van der Waals surface area contributed by atoms with Gasteiger partial charge >= 0.3 is 0 Å². The van der Waals surface area contributed by atoms with Crippen LogP contribution in [0.15, 0.2) is 17.3 Å². The Morgan fingerprint density at radius 1 is 0.875 bits per heavy atom. The van der Waals surface area contributed by atoms with E-state index in [0.29, 0.717) is 6.54 Å². The van der Waals surface area contributed by atoms with Crippen molar-refractivity contribution in [3.63, 3.8) is 0 Å². The fourth-order valence-corrected chi connectivity index (χ4v) is 2.92. The van der Waals surface area contributed by atoms with Gasteiger partial charge in [0.15, 0.2) is 0 Å². The molecule has 0 saturated carbocycles. The van der Waals surface area contributed by atoms with E-state index in [9.17, 15) is 4.79 Å². The molecule has 4 nitrogen and oxygen atoms in total. The smallest absolute Gasteiger partial charge is 0.246 e. The van der Waals surface area contributed by atoms with Crippen molar-refractivity contribution >= 4 is 11.7 Å². The number of unbranched alkanes of at least 4 members (excludes halogenated alkanes) is 11. The maximum absolute atomic E-state index is 11.2. The van der Waals surface area contributed by atoms with Gasteiger partial charge in [-0.25, -0.2) is 0 Å². The van der Waals surface area contributed by atoms with Crippen LogP contribution in [0.1, 0.15) is 96.8 Å². The van der Waals surface area contributed by atoms with Crippen LogP contribution in [0.2, 0.25) is 0 Å². The summed E-state index contributed by atoms with van der Waals surface area (Å²) in [6, 6.07) is 0. The van der Waals surface area contributed by atoms with E-state index in [4.69, 9.17) is 0 Å². The van der Waals surface area contributed by atoms with E-state index in [1.807, 2.05) is 0 Å². The Balaban J connectivity index is 1.79. The van der Waals surface area contributed by atoms with Gasteiger partial charge in [-0.2, -0.15) is 5.10 Å². The topological polar surface area (TPSA) is 53.5 Å². The Morgan fingerprint density at radius 2 is 1.46 bits per heavy atom. The van der Waals surface area contributed by atoms with Crippen LogP contribution in [0, 0.1) is 0 Å². The van der Waals surface area contributed by atoms with Gasteiger partial charge in [-0.3, -0.25) is 10.2 Å². The summed E-state index contributed by atoms with van der Waals surface area (Å²) in [5, 5.41) is 6.91. The Hall–Kier alpha value is -1.32. The van der Waals surface area contributed by atoms with Crippen LogP contribution in [0.25, 0.3) is 0 Å². The first-order valence-electron chi connectivity index (χ1n) is 10.1. The number of hydrogen-bond acceptors (Lipinski definition) is 3. The van der Waals surface area contributed by atoms with E-state index >= 15 is 0 Å². The van der Waals surface area contributed by atoms with Crippen LogP contribution in [0.3, 0.4) is 0 Å². The van der Waals surface area contributed by atoms with Crippen LogP contribution in [0.5, 0.6) is 0 Å². The van der Waals surface area contributed by atoms with Gasteiger partial charge in [0, 0.05) is 6.42 Å². The lowest BCUT2D eigenvalue weighted by atomic mass is 10.1. The second kappa shape index (κ2) is 15.2. The molecule has 1 aliphatic rings. The molecule has 4 heteroatoms. The Kier molecular flexibility index (Phi) is 13.1. The minimum absolute atomic E-state index is 0.0211. The number of carbonyl (C=O) groups excluding carboxylic acids is 1. The number of carbonyl (C=O) groups is 1. The fraction of sp³-hybridized carbons (Fsp3) is 0.800. The van der Waals surface area contributed by atoms with E-state index < -0.39 is 0 Å². The molecule has 138 valence electrons. The number of amidine groups is 1. The standard InChI is InChI=1S/C20H37N3O/c1-2-3-4-5-6-7-8-9-10-11-12-13-14-15-16-17-19-22-20(24)18-21-23-19/h9-10,21H,2-8,11-18H2,1H3,(H,22,23,24)/b10-9-. The van der Waals surface area contributed by atoms with Crippen molar-refractivity contribution in [3.05, 3.63) is 12.2 Å². The molecule has 1 amide bonds. The molecule has 0 radical (unpaired) electrons. The number of hydrazone groups is 1. The Labute approximate surface area is 148 Å². The number of amides is 1. The predicted octanol–water partition coefficient (Wildman–Crippen LogP) is 5.06. The molecule has 0 aliphatic carbocycles. The number of rotatable bonds is 15. The summed E-state index contributed by atoms with van der Waals surface area (Å²) >= 11 is 0. The molecule has 1 rings (SSSR count). The zero-order valence-electron chi connectivity index (χ0n) is 15.6. The molecule has 0 aromatic rings. The van der Waals surface area contributed by atoms with E-state index in [0.717, 1.165) is 18.7 Å². The van der Waals surface area contributed by atoms with Crippen LogP contribution in [-0.2, 0) is 4.79 Å². The highest BCUT2D eigenvalue weighted by atomic mass is 16.2. The minimum Gasteiger partial charge on any atom is -0.311 e. The van der Waals surface area contributed by atoms with Crippen LogP contribution in [-0.4, -0.2) is 18.3 Å². The molecule has 0 saturated heterocycles. The zero-order valence-corrected chi connectivity index (χ0v) is 15.6. The van der Waals surface area contributed by atoms with Crippen molar-refractivity contribution in [2.75, 3.05) is 6.54 Å². The van der Waals surface area contributed by atoms with E-state index in [1.165, 1.54) is 77.0 Å². The molecular formula is C20H37N3O. The fourth-order valence-electron chi connectivity index (χ4n) is 2.92. The third-order valence-corrected chi connectivity index (χ3v) is 4.41. The maximum Gasteiger partial charge on any atom is 0.246 e. The summed E-state index contributed by atoms with van der Waals surface area (Å²) in [4.78, 5) is 11.2. The molecule has 1 heterocycles. The van der Waals surface area contributed by atoms with Crippen molar-refractivity contribution in [2.45, 2.75) is 96.8 Å². The quantitative estimate of drug-likeness (QED) is 0.325. The lowest BCUT2D eigenvalue weighted by Crippen LogP contribution is -2.42. The van der Waals surface area contributed by atoms with Gasteiger partial charge in [0.05, 0.1) is 0 Å². The summed E-state index contributed by atoms with van der Waals surface area (Å²) in [5.74, 6) is 0.816. The first kappa shape index (κ1) is 20.7. The molecule has 0 unspecified atom stereocenters. The van der Waals surface area contributed by atoms with Crippen LogP contribution < -0.4 is 10.7 Å². The lowest BCUT2D eigenvalue weighted by molar-refractivity contribution is -0.119. The molecule has 0 spiro atoms.